The molecule has 0 aromatic carbocycles. The van der Waals surface area contributed by atoms with Crippen LogP contribution in [0.5, 0.6) is 0 Å². The molecule has 1 aliphatic heterocycles. The number of carbonyl (C=O) groups is 1. The first-order valence-electron chi connectivity index (χ1n) is 5.63. The van der Waals surface area contributed by atoms with E-state index >= 15 is 0 Å². The van der Waals surface area contributed by atoms with E-state index in [0.29, 0.717) is 26.3 Å². The van der Waals surface area contributed by atoms with Crippen LogP contribution in [-0.4, -0.2) is 63.0 Å². The number of carbonyl (C=O) groups excluding carboxylic acids is 1. The summed E-state index contributed by atoms with van der Waals surface area (Å²) in [5.41, 5.74) is 0. The van der Waals surface area contributed by atoms with E-state index in [1.807, 2.05) is 13.8 Å². The number of amides is 1. The van der Waals surface area contributed by atoms with E-state index in [-0.39, 0.29) is 24.7 Å². The first-order valence-corrected chi connectivity index (χ1v) is 5.63. The van der Waals surface area contributed by atoms with Crippen LogP contribution in [0.2, 0.25) is 0 Å². The lowest BCUT2D eigenvalue weighted by Gasteiger charge is -2.35. The van der Waals surface area contributed by atoms with Crippen LogP contribution in [0.25, 0.3) is 0 Å². The Balaban J connectivity index is 2.24. The van der Waals surface area contributed by atoms with Crippen LogP contribution < -0.4 is 0 Å². The van der Waals surface area contributed by atoms with Crippen molar-refractivity contribution in [2.75, 3.05) is 40.0 Å². The molecule has 0 aliphatic carbocycles. The van der Waals surface area contributed by atoms with E-state index in [4.69, 9.17) is 14.2 Å². The van der Waals surface area contributed by atoms with Crippen molar-refractivity contribution in [3.8, 4) is 0 Å². The van der Waals surface area contributed by atoms with E-state index in [1.54, 1.807) is 12.0 Å². The Kier molecular flexibility index (Phi) is 5.73. The fraction of sp³-hybridized carbons (Fsp3) is 0.909. The van der Waals surface area contributed by atoms with E-state index in [9.17, 15) is 4.79 Å². The second-order valence-electron chi connectivity index (χ2n) is 4.10. The van der Waals surface area contributed by atoms with Crippen molar-refractivity contribution in [3.05, 3.63) is 0 Å². The van der Waals surface area contributed by atoms with Gasteiger partial charge in [-0.2, -0.15) is 0 Å². The normalized spacial score (nSPS) is 25.8. The van der Waals surface area contributed by atoms with Crippen molar-refractivity contribution >= 4 is 5.91 Å². The van der Waals surface area contributed by atoms with Crippen LogP contribution >= 0.6 is 0 Å². The Morgan fingerprint density at radius 2 is 1.94 bits per heavy atom. The Labute approximate surface area is 96.6 Å². The maximum atomic E-state index is 11.8. The smallest absolute Gasteiger partial charge is 0.248 e. The maximum absolute atomic E-state index is 11.8. The quantitative estimate of drug-likeness (QED) is 0.638. The number of morpholine rings is 1. The van der Waals surface area contributed by atoms with Crippen molar-refractivity contribution in [2.45, 2.75) is 26.1 Å². The van der Waals surface area contributed by atoms with Gasteiger partial charge in [-0.1, -0.05) is 0 Å². The summed E-state index contributed by atoms with van der Waals surface area (Å²) < 4.78 is 15.6. The first-order chi connectivity index (χ1) is 7.63. The molecule has 1 heterocycles. The van der Waals surface area contributed by atoms with E-state index in [0.717, 1.165) is 0 Å². The predicted molar refractivity (Wildman–Crippen MR) is 59.3 cm³/mol. The molecule has 1 rings (SSSR count). The Morgan fingerprint density at radius 3 is 2.50 bits per heavy atom. The number of rotatable bonds is 5. The summed E-state index contributed by atoms with van der Waals surface area (Å²) in [6.45, 7) is 6.35. The van der Waals surface area contributed by atoms with Crippen LogP contribution in [0.15, 0.2) is 0 Å². The molecule has 0 saturated carbocycles. The third kappa shape index (κ3) is 4.47. The van der Waals surface area contributed by atoms with Gasteiger partial charge in [0.2, 0.25) is 5.91 Å². The topological polar surface area (TPSA) is 48.0 Å². The van der Waals surface area contributed by atoms with Crippen LogP contribution in [-0.2, 0) is 19.0 Å². The minimum absolute atomic E-state index is 0.0260. The van der Waals surface area contributed by atoms with Gasteiger partial charge < -0.3 is 19.1 Å². The van der Waals surface area contributed by atoms with Gasteiger partial charge in [-0.3, -0.25) is 4.79 Å². The predicted octanol–water partition coefficient (Wildman–Crippen LogP) is 0.285. The van der Waals surface area contributed by atoms with Crippen LogP contribution in [0, 0.1) is 0 Å². The van der Waals surface area contributed by atoms with Gasteiger partial charge in [0.15, 0.2) is 0 Å². The zero-order chi connectivity index (χ0) is 12.0. The Morgan fingerprint density at radius 1 is 1.31 bits per heavy atom. The summed E-state index contributed by atoms with van der Waals surface area (Å²) in [5.74, 6) is 0.0260. The lowest BCUT2D eigenvalue weighted by molar-refractivity contribution is -0.148. The van der Waals surface area contributed by atoms with Crippen LogP contribution in [0.1, 0.15) is 13.8 Å². The van der Waals surface area contributed by atoms with Crippen molar-refractivity contribution < 1.29 is 19.0 Å². The molecular weight excluding hydrogens is 210 g/mol. The summed E-state index contributed by atoms with van der Waals surface area (Å²) in [6.07, 6.45) is 0.207. The molecule has 0 N–H and O–H groups in total. The number of nitrogens with zero attached hydrogens (tertiary/aromatic N) is 1. The molecule has 0 aromatic rings. The molecular formula is C11H21NO4. The van der Waals surface area contributed by atoms with Gasteiger partial charge in [-0.05, 0) is 13.8 Å². The van der Waals surface area contributed by atoms with E-state index in [2.05, 4.69) is 0 Å². The van der Waals surface area contributed by atoms with Gasteiger partial charge in [-0.25, -0.2) is 0 Å². The van der Waals surface area contributed by atoms with Crippen molar-refractivity contribution in [1.82, 2.24) is 4.90 Å². The molecule has 16 heavy (non-hydrogen) atoms. The number of hydrogen-bond donors (Lipinski definition) is 0. The zero-order valence-corrected chi connectivity index (χ0v) is 10.3. The second kappa shape index (κ2) is 6.83. The zero-order valence-electron chi connectivity index (χ0n) is 10.3. The standard InChI is InChI=1S/C11H21NO4/c1-9-6-12(7-10(2)16-9)11(13)8-15-5-4-14-3/h9-10H,4-8H2,1-3H3. The molecule has 1 fully saturated rings. The molecule has 1 saturated heterocycles. The van der Waals surface area contributed by atoms with Gasteiger partial charge >= 0.3 is 0 Å². The van der Waals surface area contributed by atoms with Gasteiger partial charge in [0, 0.05) is 20.2 Å². The molecule has 0 spiro atoms. The van der Waals surface area contributed by atoms with Crippen molar-refractivity contribution in [3.63, 3.8) is 0 Å². The number of methoxy groups -OCH3 is 1. The summed E-state index contributed by atoms with van der Waals surface area (Å²) >= 11 is 0. The average Bonchev–Trinajstić information content (AvgIpc) is 2.22. The molecule has 5 nitrogen and oxygen atoms in total. The van der Waals surface area contributed by atoms with Gasteiger partial charge in [-0.15, -0.1) is 0 Å². The van der Waals surface area contributed by atoms with Crippen LogP contribution in [0.3, 0.4) is 0 Å². The monoisotopic (exact) mass is 231 g/mol. The minimum atomic E-state index is 0.0260. The van der Waals surface area contributed by atoms with Gasteiger partial charge in [0.25, 0.3) is 0 Å². The second-order valence-corrected chi connectivity index (χ2v) is 4.10. The van der Waals surface area contributed by atoms with Gasteiger partial charge in [0.05, 0.1) is 25.4 Å². The fourth-order valence-corrected chi connectivity index (χ4v) is 1.77. The fourth-order valence-electron chi connectivity index (χ4n) is 1.77. The molecule has 0 radical (unpaired) electrons. The highest BCUT2D eigenvalue weighted by molar-refractivity contribution is 5.77. The Hall–Kier alpha value is -0.650. The largest absolute Gasteiger partial charge is 0.382 e. The SMILES string of the molecule is COCCOCC(=O)N1CC(C)OC(C)C1. The number of hydrogen-bond acceptors (Lipinski definition) is 4. The van der Waals surface area contributed by atoms with Gasteiger partial charge in [0.1, 0.15) is 6.61 Å². The maximum Gasteiger partial charge on any atom is 0.248 e. The Bertz CT molecular complexity index is 212. The highest BCUT2D eigenvalue weighted by Crippen LogP contribution is 2.10. The summed E-state index contributed by atoms with van der Waals surface area (Å²) in [5, 5.41) is 0. The lowest BCUT2D eigenvalue weighted by Crippen LogP contribution is -2.49. The third-order valence-electron chi connectivity index (χ3n) is 2.43. The summed E-state index contributed by atoms with van der Waals surface area (Å²) in [4.78, 5) is 13.6. The summed E-state index contributed by atoms with van der Waals surface area (Å²) in [7, 11) is 1.61. The molecule has 2 atom stereocenters. The minimum Gasteiger partial charge on any atom is -0.382 e. The van der Waals surface area contributed by atoms with Crippen LogP contribution in [0.4, 0.5) is 0 Å². The average molecular weight is 231 g/mol. The molecule has 2 unspecified atom stereocenters. The molecule has 94 valence electrons. The summed E-state index contributed by atoms with van der Waals surface area (Å²) in [6, 6.07) is 0. The lowest BCUT2D eigenvalue weighted by atomic mass is 10.2. The van der Waals surface area contributed by atoms with Crippen molar-refractivity contribution in [2.24, 2.45) is 0 Å². The highest BCUT2D eigenvalue weighted by Gasteiger charge is 2.25. The third-order valence-corrected chi connectivity index (χ3v) is 2.43. The molecule has 1 aliphatic rings. The van der Waals surface area contributed by atoms with E-state index in [1.165, 1.54) is 0 Å². The van der Waals surface area contributed by atoms with E-state index < -0.39 is 0 Å². The highest BCUT2D eigenvalue weighted by atomic mass is 16.5. The molecule has 5 heteroatoms. The number of ether oxygens (including phenoxy) is 3. The molecule has 0 aromatic heterocycles. The first kappa shape index (κ1) is 13.4. The molecule has 1 amide bonds. The van der Waals surface area contributed by atoms with Crippen molar-refractivity contribution in [1.29, 1.82) is 0 Å². The molecule has 0 bridgehead atoms.